The summed E-state index contributed by atoms with van der Waals surface area (Å²) < 4.78 is 0. The number of para-hydroxylation sites is 1. The number of aliphatic hydroxyl groups excluding tert-OH is 1. The summed E-state index contributed by atoms with van der Waals surface area (Å²) in [7, 11) is 0. The molecule has 2 heterocycles. The molecule has 1 aromatic carbocycles. The molecule has 27 heavy (non-hydrogen) atoms. The molecule has 3 aromatic rings. The number of hydrogen-bond acceptors (Lipinski definition) is 6. The SMILES string of the molecule is O=C(Nc1ccccn1)c1cccc2cnc(NC3CCC(O)CC3)nc12. The van der Waals surface area contributed by atoms with E-state index in [-0.39, 0.29) is 18.1 Å². The number of pyridine rings is 1. The molecule has 138 valence electrons. The first kappa shape index (κ1) is 17.4. The molecule has 0 saturated heterocycles. The molecule has 1 saturated carbocycles. The molecule has 1 aliphatic carbocycles. The second kappa shape index (κ2) is 7.67. The minimum atomic E-state index is -0.260. The Balaban J connectivity index is 1.58. The smallest absolute Gasteiger partial charge is 0.259 e. The normalized spacial score (nSPS) is 19.6. The van der Waals surface area contributed by atoms with Crippen LogP contribution in [0.2, 0.25) is 0 Å². The Morgan fingerprint density at radius 3 is 2.67 bits per heavy atom. The van der Waals surface area contributed by atoms with Gasteiger partial charge in [-0.05, 0) is 43.9 Å². The van der Waals surface area contributed by atoms with E-state index in [0.717, 1.165) is 31.1 Å². The lowest BCUT2D eigenvalue weighted by molar-refractivity contribution is 0.102. The van der Waals surface area contributed by atoms with Gasteiger partial charge in [0.25, 0.3) is 5.91 Å². The lowest BCUT2D eigenvalue weighted by atomic mass is 9.93. The Morgan fingerprint density at radius 1 is 1.04 bits per heavy atom. The second-order valence-corrected chi connectivity index (χ2v) is 6.76. The Kier molecular flexibility index (Phi) is 4.93. The summed E-state index contributed by atoms with van der Waals surface area (Å²) in [5.41, 5.74) is 1.07. The standard InChI is InChI=1S/C20H21N5O2/c26-15-9-7-14(8-10-15)23-20-22-12-13-4-3-5-16(18(13)25-20)19(27)24-17-6-1-2-11-21-17/h1-6,11-12,14-15,26H,7-10H2,(H,21,24,27)(H,22,23,25). The molecule has 0 bridgehead atoms. The number of nitrogens with zero attached hydrogens (tertiary/aromatic N) is 3. The number of nitrogens with one attached hydrogen (secondary N) is 2. The van der Waals surface area contributed by atoms with Crippen molar-refractivity contribution in [1.82, 2.24) is 15.0 Å². The van der Waals surface area contributed by atoms with Gasteiger partial charge in [0.1, 0.15) is 5.82 Å². The van der Waals surface area contributed by atoms with Crippen LogP contribution in [-0.4, -0.2) is 38.1 Å². The summed E-state index contributed by atoms with van der Waals surface area (Å²) in [5.74, 6) is 0.736. The molecule has 3 N–H and O–H groups in total. The summed E-state index contributed by atoms with van der Waals surface area (Å²) in [5, 5.41) is 16.6. The monoisotopic (exact) mass is 363 g/mol. The number of aromatic nitrogens is 3. The van der Waals surface area contributed by atoms with Gasteiger partial charge in [0.05, 0.1) is 17.2 Å². The molecule has 7 heteroatoms. The van der Waals surface area contributed by atoms with Crippen LogP contribution in [0.1, 0.15) is 36.0 Å². The predicted molar refractivity (Wildman–Crippen MR) is 104 cm³/mol. The molecule has 1 amide bonds. The highest BCUT2D eigenvalue weighted by atomic mass is 16.3. The fraction of sp³-hybridized carbons (Fsp3) is 0.300. The van der Waals surface area contributed by atoms with Crippen molar-refractivity contribution in [2.75, 3.05) is 10.6 Å². The van der Waals surface area contributed by atoms with Crippen LogP contribution in [0.3, 0.4) is 0 Å². The zero-order chi connectivity index (χ0) is 18.6. The van der Waals surface area contributed by atoms with Crippen molar-refractivity contribution in [3.8, 4) is 0 Å². The highest BCUT2D eigenvalue weighted by Gasteiger charge is 2.20. The van der Waals surface area contributed by atoms with Crippen molar-refractivity contribution in [2.45, 2.75) is 37.8 Å². The molecular weight excluding hydrogens is 342 g/mol. The highest BCUT2D eigenvalue weighted by Crippen LogP contribution is 2.23. The van der Waals surface area contributed by atoms with E-state index < -0.39 is 0 Å². The lowest BCUT2D eigenvalue weighted by Crippen LogP contribution is -2.29. The van der Waals surface area contributed by atoms with Gasteiger partial charge in [0.2, 0.25) is 5.95 Å². The molecule has 7 nitrogen and oxygen atoms in total. The van der Waals surface area contributed by atoms with Gasteiger partial charge < -0.3 is 15.7 Å². The fourth-order valence-corrected chi connectivity index (χ4v) is 3.33. The molecule has 1 aliphatic rings. The Hall–Kier alpha value is -3.06. The van der Waals surface area contributed by atoms with Crippen molar-refractivity contribution in [3.05, 3.63) is 54.4 Å². The average molecular weight is 363 g/mol. The van der Waals surface area contributed by atoms with Gasteiger partial charge in [-0.15, -0.1) is 0 Å². The first-order valence-electron chi connectivity index (χ1n) is 9.12. The van der Waals surface area contributed by atoms with Crippen LogP contribution in [0.15, 0.2) is 48.8 Å². The third-order valence-corrected chi connectivity index (χ3v) is 4.79. The minimum absolute atomic E-state index is 0.206. The van der Waals surface area contributed by atoms with Gasteiger partial charge >= 0.3 is 0 Å². The van der Waals surface area contributed by atoms with Crippen molar-refractivity contribution in [3.63, 3.8) is 0 Å². The van der Waals surface area contributed by atoms with Crippen LogP contribution in [0.25, 0.3) is 10.9 Å². The second-order valence-electron chi connectivity index (χ2n) is 6.76. The molecule has 4 rings (SSSR count). The summed E-state index contributed by atoms with van der Waals surface area (Å²) in [6.07, 6.45) is 6.47. The number of fused-ring (bicyclic) bond motifs is 1. The average Bonchev–Trinajstić information content (AvgIpc) is 2.70. The maximum atomic E-state index is 12.7. The van der Waals surface area contributed by atoms with Gasteiger partial charge in [-0.25, -0.2) is 15.0 Å². The van der Waals surface area contributed by atoms with Crippen LogP contribution in [-0.2, 0) is 0 Å². The van der Waals surface area contributed by atoms with Crippen LogP contribution in [0.4, 0.5) is 11.8 Å². The zero-order valence-corrected chi connectivity index (χ0v) is 14.8. The molecule has 0 unspecified atom stereocenters. The van der Waals surface area contributed by atoms with E-state index >= 15 is 0 Å². The summed E-state index contributed by atoms with van der Waals surface area (Å²) in [6.45, 7) is 0. The Labute approximate surface area is 156 Å². The minimum Gasteiger partial charge on any atom is -0.393 e. The summed E-state index contributed by atoms with van der Waals surface area (Å²) >= 11 is 0. The summed E-state index contributed by atoms with van der Waals surface area (Å²) in [6, 6.07) is 11.0. The Bertz CT molecular complexity index is 940. The van der Waals surface area contributed by atoms with Crippen LogP contribution >= 0.6 is 0 Å². The predicted octanol–water partition coefficient (Wildman–Crippen LogP) is 2.99. The molecule has 2 aromatic heterocycles. The molecule has 1 fully saturated rings. The van der Waals surface area contributed by atoms with E-state index in [1.54, 1.807) is 30.6 Å². The number of anilines is 2. The molecule has 0 radical (unpaired) electrons. The zero-order valence-electron chi connectivity index (χ0n) is 14.8. The van der Waals surface area contributed by atoms with E-state index in [0.29, 0.717) is 22.8 Å². The maximum absolute atomic E-state index is 12.7. The third kappa shape index (κ3) is 4.03. The molecule has 0 atom stereocenters. The van der Waals surface area contributed by atoms with Gasteiger partial charge in [0.15, 0.2) is 0 Å². The lowest BCUT2D eigenvalue weighted by Gasteiger charge is -2.26. The first-order valence-corrected chi connectivity index (χ1v) is 9.12. The van der Waals surface area contributed by atoms with Crippen molar-refractivity contribution >= 4 is 28.6 Å². The number of amides is 1. The van der Waals surface area contributed by atoms with Crippen LogP contribution in [0, 0.1) is 0 Å². The largest absolute Gasteiger partial charge is 0.393 e. The summed E-state index contributed by atoms with van der Waals surface area (Å²) in [4.78, 5) is 25.8. The van der Waals surface area contributed by atoms with Crippen molar-refractivity contribution < 1.29 is 9.90 Å². The molecular formula is C20H21N5O2. The van der Waals surface area contributed by atoms with Crippen molar-refractivity contribution in [2.24, 2.45) is 0 Å². The highest BCUT2D eigenvalue weighted by molar-refractivity contribution is 6.11. The van der Waals surface area contributed by atoms with Gasteiger partial charge in [0, 0.05) is 23.8 Å². The van der Waals surface area contributed by atoms with Crippen molar-refractivity contribution in [1.29, 1.82) is 0 Å². The Morgan fingerprint density at radius 2 is 1.89 bits per heavy atom. The van der Waals surface area contributed by atoms with Gasteiger partial charge in [-0.3, -0.25) is 4.79 Å². The van der Waals surface area contributed by atoms with Gasteiger partial charge in [-0.2, -0.15) is 0 Å². The van der Waals surface area contributed by atoms with E-state index in [9.17, 15) is 9.90 Å². The fourth-order valence-electron chi connectivity index (χ4n) is 3.33. The molecule has 0 aliphatic heterocycles. The number of benzene rings is 1. The topological polar surface area (TPSA) is 100 Å². The number of hydrogen-bond donors (Lipinski definition) is 3. The first-order chi connectivity index (χ1) is 13.2. The van der Waals surface area contributed by atoms with E-state index in [1.807, 2.05) is 18.2 Å². The van der Waals surface area contributed by atoms with E-state index in [2.05, 4.69) is 25.6 Å². The third-order valence-electron chi connectivity index (χ3n) is 4.79. The van der Waals surface area contributed by atoms with Crippen LogP contribution < -0.4 is 10.6 Å². The van der Waals surface area contributed by atoms with Crippen LogP contribution in [0.5, 0.6) is 0 Å². The quantitative estimate of drug-likeness (QED) is 0.659. The van der Waals surface area contributed by atoms with E-state index in [4.69, 9.17) is 0 Å². The number of aliphatic hydroxyl groups is 1. The number of carbonyl (C=O) groups excluding carboxylic acids is 1. The molecule has 0 spiro atoms. The van der Waals surface area contributed by atoms with E-state index in [1.165, 1.54) is 0 Å². The number of rotatable bonds is 4. The van der Waals surface area contributed by atoms with Gasteiger partial charge in [-0.1, -0.05) is 18.2 Å². The maximum Gasteiger partial charge on any atom is 0.259 e. The number of carbonyl (C=O) groups is 1.